The van der Waals surface area contributed by atoms with Gasteiger partial charge in [0.15, 0.2) is 0 Å². The largest absolute Gasteiger partial charge is 0.497 e. The van der Waals surface area contributed by atoms with Crippen molar-refractivity contribution in [3.63, 3.8) is 0 Å². The van der Waals surface area contributed by atoms with E-state index in [-0.39, 0.29) is 11.8 Å². The smallest absolute Gasteiger partial charge is 0.255 e. The quantitative estimate of drug-likeness (QED) is 0.442. The summed E-state index contributed by atoms with van der Waals surface area (Å²) in [6.07, 6.45) is 0. The second-order valence-corrected chi connectivity index (χ2v) is 7.51. The van der Waals surface area contributed by atoms with E-state index < -0.39 is 0 Å². The number of aromatic nitrogens is 2. The highest BCUT2D eigenvalue weighted by Gasteiger charge is 2.17. The van der Waals surface area contributed by atoms with Gasteiger partial charge in [0.25, 0.3) is 11.8 Å². The van der Waals surface area contributed by atoms with Gasteiger partial charge in [0.1, 0.15) is 5.75 Å². The van der Waals surface area contributed by atoms with Crippen LogP contribution in [0.3, 0.4) is 0 Å². The lowest BCUT2D eigenvalue weighted by Gasteiger charge is -2.10. The van der Waals surface area contributed by atoms with Crippen LogP contribution in [0.15, 0.2) is 78.9 Å². The number of nitrogens with one attached hydrogen (secondary N) is 2. The maximum absolute atomic E-state index is 13.0. The van der Waals surface area contributed by atoms with E-state index in [0.29, 0.717) is 33.9 Å². The van der Waals surface area contributed by atoms with Crippen LogP contribution < -0.4 is 15.4 Å². The van der Waals surface area contributed by atoms with Gasteiger partial charge in [0.05, 0.1) is 29.9 Å². The molecule has 4 aromatic rings. The van der Waals surface area contributed by atoms with Crippen LogP contribution in [0.2, 0.25) is 0 Å². The molecule has 0 radical (unpaired) electrons. The molecular formula is C26H24N4O3. The van der Waals surface area contributed by atoms with E-state index >= 15 is 0 Å². The van der Waals surface area contributed by atoms with Crippen molar-refractivity contribution in [2.75, 3.05) is 17.7 Å². The Morgan fingerprint density at radius 1 is 0.818 bits per heavy atom. The first kappa shape index (κ1) is 21.8. The van der Waals surface area contributed by atoms with Gasteiger partial charge in [-0.15, -0.1) is 0 Å². The minimum absolute atomic E-state index is 0.272. The van der Waals surface area contributed by atoms with Gasteiger partial charge in [-0.3, -0.25) is 9.59 Å². The molecule has 2 N–H and O–H groups in total. The van der Waals surface area contributed by atoms with Crippen molar-refractivity contribution in [3.8, 4) is 11.4 Å². The molecule has 1 aromatic heterocycles. The molecule has 1 heterocycles. The normalized spacial score (nSPS) is 10.5. The zero-order chi connectivity index (χ0) is 23.4. The number of anilines is 2. The fourth-order valence-corrected chi connectivity index (χ4v) is 3.51. The maximum atomic E-state index is 13.0. The Labute approximate surface area is 192 Å². The van der Waals surface area contributed by atoms with Crippen molar-refractivity contribution in [1.29, 1.82) is 0 Å². The van der Waals surface area contributed by atoms with Gasteiger partial charge in [0, 0.05) is 16.8 Å². The summed E-state index contributed by atoms with van der Waals surface area (Å²) in [4.78, 5) is 25.5. The van der Waals surface area contributed by atoms with Gasteiger partial charge >= 0.3 is 0 Å². The van der Waals surface area contributed by atoms with E-state index in [1.807, 2.05) is 44.2 Å². The minimum atomic E-state index is -0.283. The van der Waals surface area contributed by atoms with Crippen LogP contribution in [-0.4, -0.2) is 28.7 Å². The summed E-state index contributed by atoms with van der Waals surface area (Å²) in [7, 11) is 1.57. The number of ether oxygens (including phenoxy) is 1. The Balaban J connectivity index is 1.50. The van der Waals surface area contributed by atoms with Crippen LogP contribution in [-0.2, 0) is 0 Å². The fraction of sp³-hybridized carbons (Fsp3) is 0.115. The molecule has 0 fully saturated rings. The standard InChI is InChI=1S/C26H24N4O3/c1-17-24(18(2)30(29-17)22-10-5-4-6-11-22)28-26(32)20-8-7-9-21(16-20)27-25(31)19-12-14-23(33-3)15-13-19/h4-16H,1-3H3,(H,27,31)(H,28,32). The lowest BCUT2D eigenvalue weighted by molar-refractivity contribution is 0.101. The lowest BCUT2D eigenvalue weighted by Crippen LogP contribution is -2.15. The second-order valence-electron chi connectivity index (χ2n) is 7.51. The second kappa shape index (κ2) is 9.40. The third-order valence-corrected chi connectivity index (χ3v) is 5.27. The highest BCUT2D eigenvalue weighted by molar-refractivity contribution is 6.07. The van der Waals surface area contributed by atoms with Gasteiger partial charge in [-0.05, 0) is 68.4 Å². The number of amides is 2. The molecule has 33 heavy (non-hydrogen) atoms. The molecule has 4 rings (SSSR count). The highest BCUT2D eigenvalue weighted by Crippen LogP contribution is 2.24. The summed E-state index contributed by atoms with van der Waals surface area (Å²) in [6, 6.07) is 23.4. The number of para-hydroxylation sites is 1. The summed E-state index contributed by atoms with van der Waals surface area (Å²) in [6.45, 7) is 3.77. The van der Waals surface area contributed by atoms with Crippen molar-refractivity contribution in [3.05, 3.63) is 101 Å². The molecule has 0 aliphatic rings. The molecule has 0 saturated carbocycles. The zero-order valence-electron chi connectivity index (χ0n) is 18.6. The third-order valence-electron chi connectivity index (χ3n) is 5.27. The molecule has 0 spiro atoms. The van der Waals surface area contributed by atoms with Crippen LogP contribution in [0.4, 0.5) is 11.4 Å². The highest BCUT2D eigenvalue weighted by atomic mass is 16.5. The van der Waals surface area contributed by atoms with Crippen LogP contribution in [0.1, 0.15) is 32.1 Å². The number of hydrogen-bond donors (Lipinski definition) is 2. The van der Waals surface area contributed by atoms with Crippen molar-refractivity contribution in [2.45, 2.75) is 13.8 Å². The molecule has 7 heteroatoms. The van der Waals surface area contributed by atoms with Crippen molar-refractivity contribution >= 4 is 23.2 Å². The molecule has 0 bridgehead atoms. The van der Waals surface area contributed by atoms with Crippen molar-refractivity contribution < 1.29 is 14.3 Å². The maximum Gasteiger partial charge on any atom is 0.255 e. The van der Waals surface area contributed by atoms with E-state index in [2.05, 4.69) is 15.7 Å². The summed E-state index contributed by atoms with van der Waals surface area (Å²) in [5, 5.41) is 10.4. The summed E-state index contributed by atoms with van der Waals surface area (Å²) < 4.78 is 6.92. The summed E-state index contributed by atoms with van der Waals surface area (Å²) in [5.74, 6) is 0.117. The number of nitrogens with zero attached hydrogens (tertiary/aromatic N) is 2. The number of aryl methyl sites for hydroxylation is 1. The Morgan fingerprint density at radius 3 is 2.21 bits per heavy atom. The molecule has 0 saturated heterocycles. The molecule has 2 amide bonds. The van der Waals surface area contributed by atoms with Gasteiger partial charge in [-0.2, -0.15) is 5.10 Å². The number of carbonyl (C=O) groups excluding carboxylic acids is 2. The number of methoxy groups -OCH3 is 1. The van der Waals surface area contributed by atoms with E-state index in [1.54, 1.807) is 60.3 Å². The molecule has 3 aromatic carbocycles. The number of benzene rings is 3. The number of hydrogen-bond acceptors (Lipinski definition) is 4. The van der Waals surface area contributed by atoms with E-state index in [1.165, 1.54) is 0 Å². The van der Waals surface area contributed by atoms with Crippen LogP contribution in [0.25, 0.3) is 5.69 Å². The Morgan fingerprint density at radius 2 is 1.52 bits per heavy atom. The average molecular weight is 441 g/mol. The predicted molar refractivity (Wildman–Crippen MR) is 128 cm³/mol. The van der Waals surface area contributed by atoms with Crippen molar-refractivity contribution in [1.82, 2.24) is 9.78 Å². The summed E-state index contributed by atoms with van der Waals surface area (Å²) in [5.41, 5.74) is 4.57. The first-order valence-electron chi connectivity index (χ1n) is 10.4. The minimum Gasteiger partial charge on any atom is -0.497 e. The molecule has 166 valence electrons. The Hall–Kier alpha value is -4.39. The van der Waals surface area contributed by atoms with E-state index in [4.69, 9.17) is 4.74 Å². The van der Waals surface area contributed by atoms with E-state index in [9.17, 15) is 9.59 Å². The fourth-order valence-electron chi connectivity index (χ4n) is 3.51. The van der Waals surface area contributed by atoms with Gasteiger partial charge < -0.3 is 15.4 Å². The molecule has 7 nitrogen and oxygen atoms in total. The Bertz CT molecular complexity index is 1300. The molecule has 0 aliphatic heterocycles. The SMILES string of the molecule is COc1ccc(C(=O)Nc2cccc(C(=O)Nc3c(C)nn(-c4ccccc4)c3C)c2)cc1. The van der Waals surface area contributed by atoms with Gasteiger partial charge in [-0.25, -0.2) is 4.68 Å². The van der Waals surface area contributed by atoms with Gasteiger partial charge in [-0.1, -0.05) is 24.3 Å². The molecular weight excluding hydrogens is 416 g/mol. The van der Waals surface area contributed by atoms with Crippen molar-refractivity contribution in [2.24, 2.45) is 0 Å². The lowest BCUT2D eigenvalue weighted by atomic mass is 10.1. The molecule has 0 unspecified atom stereocenters. The topological polar surface area (TPSA) is 85.2 Å². The molecule has 0 aliphatic carbocycles. The number of carbonyl (C=O) groups is 2. The summed E-state index contributed by atoms with van der Waals surface area (Å²) >= 11 is 0. The van der Waals surface area contributed by atoms with Crippen LogP contribution in [0.5, 0.6) is 5.75 Å². The van der Waals surface area contributed by atoms with Crippen LogP contribution >= 0.6 is 0 Å². The van der Waals surface area contributed by atoms with E-state index in [0.717, 1.165) is 11.4 Å². The molecule has 0 atom stereocenters. The van der Waals surface area contributed by atoms with Gasteiger partial charge in [0.2, 0.25) is 0 Å². The number of rotatable bonds is 6. The zero-order valence-corrected chi connectivity index (χ0v) is 18.6. The first-order chi connectivity index (χ1) is 16.0. The predicted octanol–water partition coefficient (Wildman–Crippen LogP) is 5.00. The Kier molecular flexibility index (Phi) is 6.22. The average Bonchev–Trinajstić information content (AvgIpc) is 3.13. The third kappa shape index (κ3) is 4.77. The monoisotopic (exact) mass is 440 g/mol. The first-order valence-corrected chi connectivity index (χ1v) is 10.4. The van der Waals surface area contributed by atoms with Crippen LogP contribution in [0, 0.1) is 13.8 Å².